The molecule has 0 radical (unpaired) electrons. The molecule has 0 aliphatic carbocycles. The second-order valence-corrected chi connectivity index (χ2v) is 8.41. The van der Waals surface area contributed by atoms with E-state index in [-0.39, 0.29) is 19.2 Å². The van der Waals surface area contributed by atoms with Crippen molar-refractivity contribution in [1.82, 2.24) is 24.8 Å². The third-order valence-corrected chi connectivity index (χ3v) is 5.50. The van der Waals surface area contributed by atoms with Crippen LogP contribution in [-0.2, 0) is 6.54 Å². The molecular formula is C26H30N6O3. The summed E-state index contributed by atoms with van der Waals surface area (Å²) in [5.41, 5.74) is 4.10. The van der Waals surface area contributed by atoms with Gasteiger partial charge in [0.25, 0.3) is 0 Å². The summed E-state index contributed by atoms with van der Waals surface area (Å²) >= 11 is 0. The molecule has 0 aliphatic rings. The number of aliphatic hydroxyl groups is 1. The van der Waals surface area contributed by atoms with Gasteiger partial charge in [0.15, 0.2) is 0 Å². The number of benzene rings is 2. The molecule has 4 aromatic rings. The van der Waals surface area contributed by atoms with E-state index < -0.39 is 0 Å². The lowest BCUT2D eigenvalue weighted by Crippen LogP contribution is -2.36. The molecule has 4 rings (SSSR count). The number of carbonyl (C=O) groups is 1. The van der Waals surface area contributed by atoms with Gasteiger partial charge in [0, 0.05) is 42.5 Å². The Balaban J connectivity index is 1.41. The molecule has 2 amide bonds. The number of likely N-dealkylation sites (N-methyl/N-ethyl adjacent to an activating group) is 1. The quantitative estimate of drug-likeness (QED) is 0.324. The Morgan fingerprint density at radius 2 is 1.91 bits per heavy atom. The number of urea groups is 1. The van der Waals surface area contributed by atoms with E-state index in [4.69, 9.17) is 4.74 Å². The topological polar surface area (TPSA) is 107 Å². The summed E-state index contributed by atoms with van der Waals surface area (Å²) < 4.78 is 5.80. The lowest BCUT2D eigenvalue weighted by atomic mass is 10.1. The predicted molar refractivity (Wildman–Crippen MR) is 136 cm³/mol. The minimum Gasteiger partial charge on any atom is -0.492 e. The highest BCUT2D eigenvalue weighted by molar-refractivity contribution is 5.92. The van der Waals surface area contributed by atoms with Crippen molar-refractivity contribution in [3.8, 4) is 17.0 Å². The monoisotopic (exact) mass is 474 g/mol. The molecule has 9 heteroatoms. The van der Waals surface area contributed by atoms with Crippen molar-refractivity contribution in [2.24, 2.45) is 0 Å². The number of aromatic nitrogens is 3. The number of aliphatic hydroxyl groups excluding tert-OH is 1. The molecule has 9 nitrogen and oxygen atoms in total. The number of rotatable bonds is 10. The zero-order valence-corrected chi connectivity index (χ0v) is 19.9. The van der Waals surface area contributed by atoms with Crippen molar-refractivity contribution in [2.45, 2.75) is 6.54 Å². The maximum absolute atomic E-state index is 13.0. The molecule has 0 unspecified atom stereocenters. The smallest absolute Gasteiger partial charge is 0.322 e. The fourth-order valence-electron chi connectivity index (χ4n) is 3.69. The maximum atomic E-state index is 13.0. The zero-order chi connectivity index (χ0) is 24.6. The molecule has 0 fully saturated rings. The second kappa shape index (κ2) is 11.5. The van der Waals surface area contributed by atoms with Crippen LogP contribution in [0.1, 0.15) is 5.56 Å². The van der Waals surface area contributed by atoms with Gasteiger partial charge in [-0.3, -0.25) is 0 Å². The maximum Gasteiger partial charge on any atom is 0.322 e. The first-order valence-corrected chi connectivity index (χ1v) is 11.5. The fourth-order valence-corrected chi connectivity index (χ4v) is 3.69. The van der Waals surface area contributed by atoms with E-state index in [1.165, 1.54) is 6.33 Å². The predicted octanol–water partition coefficient (Wildman–Crippen LogP) is 3.59. The van der Waals surface area contributed by atoms with Crippen molar-refractivity contribution >= 4 is 22.8 Å². The zero-order valence-electron chi connectivity index (χ0n) is 19.9. The average Bonchev–Trinajstić information content (AvgIpc) is 3.33. The van der Waals surface area contributed by atoms with Crippen molar-refractivity contribution in [2.75, 3.05) is 45.7 Å². The molecule has 0 saturated heterocycles. The highest BCUT2D eigenvalue weighted by Crippen LogP contribution is 2.26. The number of ether oxygens (including phenoxy) is 1. The third kappa shape index (κ3) is 6.34. The first kappa shape index (κ1) is 24.2. The minimum atomic E-state index is -0.291. The highest BCUT2D eigenvalue weighted by Gasteiger charge is 2.15. The summed E-state index contributed by atoms with van der Waals surface area (Å²) in [5, 5.41) is 13.4. The van der Waals surface area contributed by atoms with Gasteiger partial charge in [0.1, 0.15) is 24.3 Å². The number of nitrogens with zero attached hydrogens (tertiary/aromatic N) is 4. The molecular weight excluding hydrogens is 444 g/mol. The van der Waals surface area contributed by atoms with E-state index in [0.717, 1.165) is 40.1 Å². The van der Waals surface area contributed by atoms with Gasteiger partial charge in [-0.2, -0.15) is 0 Å². The van der Waals surface area contributed by atoms with Crippen molar-refractivity contribution in [3.05, 3.63) is 72.7 Å². The van der Waals surface area contributed by atoms with Crippen molar-refractivity contribution in [3.63, 3.8) is 0 Å². The standard InChI is InChI=1S/C26H30N6O3/c1-31(2)13-15-35-22-5-3-4-19(16-22)17-32(12-14-33)26(34)30-21-8-6-20(7-9-21)24-23-10-11-27-25(23)29-18-28-24/h3-11,16,18,33H,12-15,17H2,1-2H3,(H,30,34)(H,27,28,29). The highest BCUT2D eigenvalue weighted by atomic mass is 16.5. The fraction of sp³-hybridized carbons (Fsp3) is 0.269. The molecule has 0 aliphatic heterocycles. The average molecular weight is 475 g/mol. The number of hydrogen-bond donors (Lipinski definition) is 3. The van der Waals surface area contributed by atoms with Gasteiger partial charge in [-0.1, -0.05) is 24.3 Å². The van der Waals surface area contributed by atoms with Crippen LogP contribution in [0, 0.1) is 0 Å². The van der Waals surface area contributed by atoms with Crippen LogP contribution < -0.4 is 10.1 Å². The minimum absolute atomic E-state index is 0.133. The van der Waals surface area contributed by atoms with Crippen molar-refractivity contribution < 1.29 is 14.6 Å². The summed E-state index contributed by atoms with van der Waals surface area (Å²) in [6.07, 6.45) is 3.36. The van der Waals surface area contributed by atoms with Gasteiger partial charge >= 0.3 is 6.03 Å². The normalized spacial score (nSPS) is 11.1. The summed E-state index contributed by atoms with van der Waals surface area (Å²) in [6, 6.07) is 16.8. The van der Waals surface area contributed by atoms with E-state index in [1.807, 2.05) is 74.9 Å². The summed E-state index contributed by atoms with van der Waals surface area (Å²) in [7, 11) is 3.99. The van der Waals surface area contributed by atoms with Crippen LogP contribution in [0.5, 0.6) is 5.75 Å². The molecule has 0 bridgehead atoms. The van der Waals surface area contributed by atoms with Crippen molar-refractivity contribution in [1.29, 1.82) is 0 Å². The van der Waals surface area contributed by atoms with Gasteiger partial charge in [-0.05, 0) is 50.0 Å². The summed E-state index contributed by atoms with van der Waals surface area (Å²) in [6.45, 7) is 1.82. The summed E-state index contributed by atoms with van der Waals surface area (Å²) in [5.74, 6) is 0.755. The lowest BCUT2D eigenvalue weighted by molar-refractivity contribution is 0.185. The molecule has 0 spiro atoms. The first-order valence-electron chi connectivity index (χ1n) is 11.5. The Morgan fingerprint density at radius 3 is 2.69 bits per heavy atom. The SMILES string of the molecule is CN(C)CCOc1cccc(CN(CCO)C(=O)Nc2ccc(-c3ncnc4[nH]ccc34)cc2)c1. The largest absolute Gasteiger partial charge is 0.492 e. The van der Waals surface area contributed by atoms with Crippen LogP contribution in [0.15, 0.2) is 67.1 Å². The molecule has 2 aromatic carbocycles. The van der Waals surface area contributed by atoms with E-state index in [2.05, 4.69) is 25.2 Å². The Labute approximate surface area is 204 Å². The molecule has 182 valence electrons. The Morgan fingerprint density at radius 1 is 1.09 bits per heavy atom. The third-order valence-electron chi connectivity index (χ3n) is 5.50. The Kier molecular flexibility index (Phi) is 7.92. The molecule has 3 N–H and O–H groups in total. The number of H-pyrrole nitrogens is 1. The van der Waals surface area contributed by atoms with Gasteiger partial charge < -0.3 is 29.9 Å². The van der Waals surface area contributed by atoms with E-state index in [0.29, 0.717) is 18.8 Å². The molecule has 2 heterocycles. The molecule has 0 saturated carbocycles. The van der Waals surface area contributed by atoms with Crippen LogP contribution in [0.4, 0.5) is 10.5 Å². The molecule has 0 atom stereocenters. The van der Waals surface area contributed by atoms with Gasteiger partial charge in [-0.15, -0.1) is 0 Å². The number of hydrogen-bond acceptors (Lipinski definition) is 6. The number of aromatic amines is 1. The Hall–Kier alpha value is -3.95. The van der Waals surface area contributed by atoms with E-state index in [9.17, 15) is 9.90 Å². The van der Waals surface area contributed by atoms with Gasteiger partial charge in [0.05, 0.1) is 12.3 Å². The number of carbonyl (C=O) groups excluding carboxylic acids is 1. The van der Waals surface area contributed by atoms with Crippen LogP contribution in [0.25, 0.3) is 22.3 Å². The van der Waals surface area contributed by atoms with Gasteiger partial charge in [-0.25, -0.2) is 14.8 Å². The Bertz CT molecular complexity index is 1260. The number of anilines is 1. The number of nitrogens with one attached hydrogen (secondary N) is 2. The molecule has 35 heavy (non-hydrogen) atoms. The number of fused-ring (bicyclic) bond motifs is 1. The van der Waals surface area contributed by atoms with Crippen LogP contribution in [0.3, 0.4) is 0 Å². The first-order chi connectivity index (χ1) is 17.0. The van der Waals surface area contributed by atoms with Gasteiger partial charge in [0.2, 0.25) is 0 Å². The number of amides is 2. The van der Waals surface area contributed by atoms with E-state index >= 15 is 0 Å². The summed E-state index contributed by atoms with van der Waals surface area (Å²) in [4.78, 5) is 28.3. The second-order valence-electron chi connectivity index (χ2n) is 8.41. The van der Waals surface area contributed by atoms with Crippen LogP contribution in [-0.4, -0.2) is 76.3 Å². The van der Waals surface area contributed by atoms with E-state index in [1.54, 1.807) is 4.90 Å². The van der Waals surface area contributed by atoms with Crippen LogP contribution >= 0.6 is 0 Å². The van der Waals surface area contributed by atoms with Crippen LogP contribution in [0.2, 0.25) is 0 Å². The molecule has 2 aromatic heterocycles. The lowest BCUT2D eigenvalue weighted by Gasteiger charge is -2.23.